The van der Waals surface area contributed by atoms with E-state index in [4.69, 9.17) is 10.2 Å². The predicted octanol–water partition coefficient (Wildman–Crippen LogP) is 1.48. The summed E-state index contributed by atoms with van der Waals surface area (Å²) in [6.07, 6.45) is 5.68. The number of anilines is 1. The van der Waals surface area contributed by atoms with Gasteiger partial charge in [-0.15, -0.1) is 5.10 Å². The Morgan fingerprint density at radius 2 is 2.10 bits per heavy atom. The molecular weight excluding hydrogens is 398 g/mol. The van der Waals surface area contributed by atoms with Gasteiger partial charge in [0.1, 0.15) is 5.75 Å². The summed E-state index contributed by atoms with van der Waals surface area (Å²) in [5.74, 6) is 1.45. The fourth-order valence-electron chi connectivity index (χ4n) is 4.03. The number of aromatic nitrogens is 7. The van der Waals surface area contributed by atoms with Crippen molar-refractivity contribution in [2.24, 2.45) is 0 Å². The molecule has 0 amide bonds. The van der Waals surface area contributed by atoms with E-state index in [1.807, 2.05) is 4.68 Å². The van der Waals surface area contributed by atoms with Gasteiger partial charge in [-0.2, -0.15) is 14.6 Å². The van der Waals surface area contributed by atoms with E-state index in [1.165, 1.54) is 10.7 Å². The first-order valence-corrected chi connectivity index (χ1v) is 9.96. The van der Waals surface area contributed by atoms with Crippen molar-refractivity contribution in [3.63, 3.8) is 0 Å². The molecule has 0 saturated heterocycles. The third-order valence-electron chi connectivity index (χ3n) is 5.57. The molecule has 0 bridgehead atoms. The number of aromatic hydroxyl groups is 1. The lowest BCUT2D eigenvalue weighted by molar-refractivity contribution is 0.239. The van der Waals surface area contributed by atoms with Crippen molar-refractivity contribution in [3.8, 4) is 17.3 Å². The first kappa shape index (κ1) is 17.8. The zero-order valence-corrected chi connectivity index (χ0v) is 16.5. The van der Waals surface area contributed by atoms with Gasteiger partial charge < -0.3 is 15.3 Å². The van der Waals surface area contributed by atoms with Crippen LogP contribution in [0.1, 0.15) is 11.3 Å². The van der Waals surface area contributed by atoms with Crippen LogP contribution in [0.3, 0.4) is 0 Å². The summed E-state index contributed by atoms with van der Waals surface area (Å²) in [5, 5.41) is 19.4. The molecule has 6 rings (SSSR count). The van der Waals surface area contributed by atoms with E-state index in [0.717, 1.165) is 42.7 Å². The van der Waals surface area contributed by atoms with Crippen LogP contribution in [-0.4, -0.2) is 57.4 Å². The Labute approximate surface area is 175 Å². The number of fused-ring (bicyclic) bond motifs is 4. The van der Waals surface area contributed by atoms with Crippen LogP contribution in [0.15, 0.2) is 41.3 Å². The number of rotatable bonds is 4. The van der Waals surface area contributed by atoms with Crippen LogP contribution in [0.2, 0.25) is 0 Å². The lowest BCUT2D eigenvalue weighted by Gasteiger charge is -2.28. The van der Waals surface area contributed by atoms with Crippen LogP contribution in [0, 0.1) is 0 Å². The molecule has 6 heterocycles. The molecule has 3 N–H and O–H groups in total. The Morgan fingerprint density at radius 3 is 2.97 bits per heavy atom. The summed E-state index contributed by atoms with van der Waals surface area (Å²) in [6, 6.07) is 5.37. The standard InChI is InChI=1S/C20H19N9O2/c21-20-25-18-14(19-24-17(26-29(19)20)16-2-1-7-31-16)10-23-28(18)6-5-27-4-3-15-12(11-27)8-13(30)9-22-15/h1-2,7-10,30H,3-6,11H2,(H2,21,25). The molecule has 0 saturated carbocycles. The number of furan rings is 1. The average molecular weight is 417 g/mol. The van der Waals surface area contributed by atoms with E-state index in [1.54, 1.807) is 30.7 Å². The third-order valence-corrected chi connectivity index (χ3v) is 5.57. The third kappa shape index (κ3) is 2.97. The molecule has 11 nitrogen and oxygen atoms in total. The highest BCUT2D eigenvalue weighted by Crippen LogP contribution is 2.24. The number of hydrogen-bond donors (Lipinski definition) is 2. The van der Waals surface area contributed by atoms with Crippen LogP contribution in [0.5, 0.6) is 5.75 Å². The SMILES string of the molecule is Nc1nc2c(cnn2CCN2CCc3ncc(O)cc3C2)c2nc(-c3ccco3)nn12. The van der Waals surface area contributed by atoms with Gasteiger partial charge >= 0.3 is 0 Å². The van der Waals surface area contributed by atoms with E-state index in [0.29, 0.717) is 29.4 Å². The summed E-state index contributed by atoms with van der Waals surface area (Å²) >= 11 is 0. The highest BCUT2D eigenvalue weighted by molar-refractivity contribution is 5.90. The van der Waals surface area contributed by atoms with Crippen LogP contribution < -0.4 is 5.73 Å². The van der Waals surface area contributed by atoms with Gasteiger partial charge in [0.25, 0.3) is 0 Å². The molecule has 0 fully saturated rings. The molecule has 5 aromatic heterocycles. The van der Waals surface area contributed by atoms with Gasteiger partial charge in [-0.1, -0.05) is 0 Å². The maximum Gasteiger partial charge on any atom is 0.225 e. The molecule has 31 heavy (non-hydrogen) atoms. The Bertz CT molecular complexity index is 1400. The second-order valence-electron chi connectivity index (χ2n) is 7.55. The molecule has 0 unspecified atom stereocenters. The monoisotopic (exact) mass is 417 g/mol. The molecule has 0 atom stereocenters. The molecule has 0 spiro atoms. The minimum atomic E-state index is 0.199. The average Bonchev–Trinajstić information content (AvgIpc) is 3.51. The van der Waals surface area contributed by atoms with Crippen molar-refractivity contribution in [1.82, 2.24) is 39.2 Å². The molecule has 5 aromatic rings. The molecule has 156 valence electrons. The van der Waals surface area contributed by atoms with Crippen LogP contribution in [-0.2, 0) is 19.5 Å². The summed E-state index contributed by atoms with van der Waals surface area (Å²) in [4.78, 5) is 15.7. The lowest BCUT2D eigenvalue weighted by atomic mass is 10.1. The summed E-state index contributed by atoms with van der Waals surface area (Å²) in [6.45, 7) is 3.07. The summed E-state index contributed by atoms with van der Waals surface area (Å²) in [7, 11) is 0. The number of pyridine rings is 1. The van der Waals surface area contributed by atoms with Gasteiger partial charge in [0.15, 0.2) is 17.1 Å². The Morgan fingerprint density at radius 1 is 1.16 bits per heavy atom. The first-order chi connectivity index (χ1) is 15.2. The summed E-state index contributed by atoms with van der Waals surface area (Å²) < 4.78 is 8.74. The molecular formula is C20H19N9O2. The van der Waals surface area contributed by atoms with Crippen molar-refractivity contribution < 1.29 is 9.52 Å². The molecule has 0 aliphatic carbocycles. The Balaban J connectivity index is 1.28. The zero-order valence-electron chi connectivity index (χ0n) is 16.5. The van der Waals surface area contributed by atoms with Crippen molar-refractivity contribution >= 4 is 22.6 Å². The second-order valence-corrected chi connectivity index (χ2v) is 7.55. The van der Waals surface area contributed by atoms with Crippen molar-refractivity contribution in [3.05, 3.63) is 48.1 Å². The highest BCUT2D eigenvalue weighted by Gasteiger charge is 2.20. The van der Waals surface area contributed by atoms with Gasteiger partial charge in [0.2, 0.25) is 11.8 Å². The number of nitrogens with two attached hydrogens (primary N) is 1. The van der Waals surface area contributed by atoms with Gasteiger partial charge in [-0.3, -0.25) is 9.88 Å². The van der Waals surface area contributed by atoms with E-state index in [2.05, 4.69) is 30.0 Å². The van der Waals surface area contributed by atoms with Gasteiger partial charge in [-0.05, 0) is 23.8 Å². The van der Waals surface area contributed by atoms with Crippen molar-refractivity contribution in [2.75, 3.05) is 18.8 Å². The zero-order chi connectivity index (χ0) is 20.9. The van der Waals surface area contributed by atoms with E-state index in [9.17, 15) is 5.11 Å². The number of nitrogens with zero attached hydrogens (tertiary/aromatic N) is 8. The van der Waals surface area contributed by atoms with Gasteiger partial charge in [0, 0.05) is 31.7 Å². The van der Waals surface area contributed by atoms with Gasteiger partial charge in [0.05, 0.1) is 30.6 Å². The first-order valence-electron chi connectivity index (χ1n) is 9.96. The summed E-state index contributed by atoms with van der Waals surface area (Å²) in [5.41, 5.74) is 9.53. The lowest BCUT2D eigenvalue weighted by Crippen LogP contribution is -2.33. The molecule has 0 radical (unpaired) electrons. The van der Waals surface area contributed by atoms with E-state index in [-0.39, 0.29) is 11.7 Å². The fourth-order valence-corrected chi connectivity index (χ4v) is 4.03. The Kier molecular flexibility index (Phi) is 3.90. The quantitative estimate of drug-likeness (QED) is 0.445. The Hall–Kier alpha value is -3.99. The van der Waals surface area contributed by atoms with Crippen molar-refractivity contribution in [1.29, 1.82) is 0 Å². The fraction of sp³-hybridized carbons (Fsp3) is 0.250. The number of hydrogen-bond acceptors (Lipinski definition) is 9. The maximum absolute atomic E-state index is 9.71. The van der Waals surface area contributed by atoms with Crippen LogP contribution >= 0.6 is 0 Å². The minimum Gasteiger partial charge on any atom is -0.506 e. The number of nitrogen functional groups attached to an aromatic ring is 1. The maximum atomic E-state index is 9.71. The van der Waals surface area contributed by atoms with Crippen LogP contribution in [0.4, 0.5) is 5.95 Å². The van der Waals surface area contributed by atoms with E-state index >= 15 is 0 Å². The van der Waals surface area contributed by atoms with Gasteiger partial charge in [-0.25, -0.2) is 9.67 Å². The van der Waals surface area contributed by atoms with Crippen molar-refractivity contribution in [2.45, 2.75) is 19.5 Å². The smallest absolute Gasteiger partial charge is 0.225 e. The van der Waals surface area contributed by atoms with E-state index < -0.39 is 0 Å². The molecule has 0 aromatic carbocycles. The predicted molar refractivity (Wildman–Crippen MR) is 111 cm³/mol. The second kappa shape index (κ2) is 6.77. The van der Waals surface area contributed by atoms with Crippen LogP contribution in [0.25, 0.3) is 28.3 Å². The minimum absolute atomic E-state index is 0.199. The highest BCUT2D eigenvalue weighted by atomic mass is 16.3. The normalized spacial score (nSPS) is 14.5. The molecule has 1 aliphatic rings. The molecule has 1 aliphatic heterocycles. The topological polar surface area (TPSA) is 136 Å². The molecule has 11 heteroatoms. The largest absolute Gasteiger partial charge is 0.506 e.